The number of aromatic nitrogens is 1. The van der Waals surface area contributed by atoms with Crippen LogP contribution in [0.3, 0.4) is 0 Å². The van der Waals surface area contributed by atoms with Gasteiger partial charge in [0.25, 0.3) is 0 Å². The van der Waals surface area contributed by atoms with E-state index in [0.717, 1.165) is 11.9 Å². The van der Waals surface area contributed by atoms with Gasteiger partial charge >= 0.3 is 0 Å². The summed E-state index contributed by atoms with van der Waals surface area (Å²) < 4.78 is 0. The van der Waals surface area contributed by atoms with Crippen molar-refractivity contribution >= 4 is 16.6 Å². The number of hydrogen-bond donors (Lipinski definition) is 0. The predicted octanol–water partition coefficient (Wildman–Crippen LogP) is 5.07. The number of nitrogens with zero attached hydrogens (tertiary/aromatic N) is 2. The molecule has 1 aromatic heterocycles. The molecule has 0 unspecified atom stereocenters. The summed E-state index contributed by atoms with van der Waals surface area (Å²) in [5.41, 5.74) is 5.07. The molecule has 0 fully saturated rings. The van der Waals surface area contributed by atoms with E-state index in [1.807, 2.05) is 30.5 Å². The average Bonchev–Trinajstić information content (AvgIpc) is 2.54. The van der Waals surface area contributed by atoms with Gasteiger partial charge in [-0.25, -0.2) is 0 Å². The van der Waals surface area contributed by atoms with E-state index in [9.17, 15) is 0 Å². The second-order valence-corrected chi connectivity index (χ2v) is 6.54. The molecule has 0 bridgehead atoms. The Labute approximate surface area is 137 Å². The standard InChI is InChI=1S/C12H15N.C9H7N/c1-9-11-7-5-4-6-10(11)8-12(2,3)13-9;1-2-6-9-8(4-1)5-3-7-10-9/h4-7H,8H2,1-3H3;1-7H. The molecule has 116 valence electrons. The summed E-state index contributed by atoms with van der Waals surface area (Å²) in [7, 11) is 0. The van der Waals surface area contributed by atoms with Crippen molar-refractivity contribution < 1.29 is 0 Å². The molecule has 0 N–H and O–H groups in total. The zero-order valence-corrected chi connectivity index (χ0v) is 14.0. The number of fused-ring (bicyclic) bond motifs is 2. The van der Waals surface area contributed by atoms with E-state index in [4.69, 9.17) is 0 Å². The van der Waals surface area contributed by atoms with Crippen LogP contribution in [0.5, 0.6) is 0 Å². The number of aliphatic imine (C=N–C) groups is 1. The normalized spacial score (nSPS) is 15.2. The highest BCUT2D eigenvalue weighted by molar-refractivity contribution is 6.01. The maximum atomic E-state index is 4.67. The van der Waals surface area contributed by atoms with Crippen LogP contribution in [0.1, 0.15) is 31.9 Å². The van der Waals surface area contributed by atoms with Gasteiger partial charge in [-0.05, 0) is 50.5 Å². The minimum absolute atomic E-state index is 0.0818. The lowest BCUT2D eigenvalue weighted by atomic mass is 9.87. The van der Waals surface area contributed by atoms with Crippen LogP contribution < -0.4 is 0 Å². The first-order chi connectivity index (χ1) is 11.1. The van der Waals surface area contributed by atoms with Crippen molar-refractivity contribution in [3.05, 3.63) is 78.0 Å². The highest BCUT2D eigenvalue weighted by Gasteiger charge is 2.23. The third kappa shape index (κ3) is 3.65. The molecule has 0 saturated carbocycles. The smallest absolute Gasteiger partial charge is 0.0701 e. The van der Waals surface area contributed by atoms with E-state index >= 15 is 0 Å². The molecule has 3 aromatic rings. The van der Waals surface area contributed by atoms with Gasteiger partial charge in [-0.2, -0.15) is 0 Å². The topological polar surface area (TPSA) is 25.2 Å². The molecule has 2 nitrogen and oxygen atoms in total. The summed E-state index contributed by atoms with van der Waals surface area (Å²) in [6.45, 7) is 6.47. The lowest BCUT2D eigenvalue weighted by Crippen LogP contribution is -2.27. The Morgan fingerprint density at radius 2 is 1.57 bits per heavy atom. The quantitative estimate of drug-likeness (QED) is 0.569. The summed E-state index contributed by atoms with van der Waals surface area (Å²) in [6.07, 6.45) is 2.86. The Kier molecular flexibility index (Phi) is 4.24. The van der Waals surface area contributed by atoms with E-state index in [2.05, 4.69) is 67.1 Å². The van der Waals surface area contributed by atoms with Crippen molar-refractivity contribution in [1.29, 1.82) is 0 Å². The molecule has 0 amide bonds. The highest BCUT2D eigenvalue weighted by atomic mass is 14.9. The van der Waals surface area contributed by atoms with Gasteiger partial charge in [-0.15, -0.1) is 0 Å². The van der Waals surface area contributed by atoms with Crippen LogP contribution in [0.25, 0.3) is 10.9 Å². The van der Waals surface area contributed by atoms with Crippen molar-refractivity contribution in [3.63, 3.8) is 0 Å². The van der Waals surface area contributed by atoms with Crippen molar-refractivity contribution in [2.24, 2.45) is 4.99 Å². The maximum Gasteiger partial charge on any atom is 0.0701 e. The van der Waals surface area contributed by atoms with E-state index in [-0.39, 0.29) is 5.54 Å². The predicted molar refractivity (Wildman–Crippen MR) is 98.2 cm³/mol. The summed E-state index contributed by atoms with van der Waals surface area (Å²) in [5.74, 6) is 0. The molecule has 23 heavy (non-hydrogen) atoms. The van der Waals surface area contributed by atoms with Gasteiger partial charge in [0, 0.05) is 17.3 Å². The monoisotopic (exact) mass is 302 g/mol. The largest absolute Gasteiger partial charge is 0.283 e. The van der Waals surface area contributed by atoms with Gasteiger partial charge in [0.1, 0.15) is 0 Å². The van der Waals surface area contributed by atoms with E-state index in [0.29, 0.717) is 0 Å². The summed E-state index contributed by atoms with van der Waals surface area (Å²) >= 11 is 0. The third-order valence-corrected chi connectivity index (χ3v) is 4.01. The summed E-state index contributed by atoms with van der Waals surface area (Å²) in [4.78, 5) is 8.85. The fourth-order valence-corrected chi connectivity index (χ4v) is 3.06. The molecule has 0 saturated heterocycles. The maximum absolute atomic E-state index is 4.67. The van der Waals surface area contributed by atoms with Crippen LogP contribution >= 0.6 is 0 Å². The summed E-state index contributed by atoms with van der Waals surface area (Å²) in [5, 5.41) is 1.20. The van der Waals surface area contributed by atoms with Gasteiger partial charge < -0.3 is 0 Å². The molecule has 4 rings (SSSR count). The Balaban J connectivity index is 0.000000140. The Bertz CT molecular complexity index is 782. The van der Waals surface area contributed by atoms with Gasteiger partial charge in [-0.3, -0.25) is 9.98 Å². The molecular formula is C21H22N2. The van der Waals surface area contributed by atoms with Crippen molar-refractivity contribution in [1.82, 2.24) is 4.98 Å². The fourth-order valence-electron chi connectivity index (χ4n) is 3.06. The zero-order chi connectivity index (χ0) is 16.3. The van der Waals surface area contributed by atoms with E-state index < -0.39 is 0 Å². The molecule has 0 radical (unpaired) electrons. The number of benzene rings is 2. The van der Waals surface area contributed by atoms with Gasteiger partial charge in [0.15, 0.2) is 0 Å². The molecule has 2 heteroatoms. The summed E-state index contributed by atoms with van der Waals surface area (Å²) in [6, 6.07) is 20.6. The molecule has 2 heterocycles. The van der Waals surface area contributed by atoms with Gasteiger partial charge in [-0.1, -0.05) is 48.5 Å². The SMILES string of the molecule is CC1=NC(C)(C)Cc2ccccc21.c1ccc2ncccc2c1. The van der Waals surface area contributed by atoms with Crippen LogP contribution in [-0.4, -0.2) is 16.2 Å². The third-order valence-electron chi connectivity index (χ3n) is 4.01. The molecule has 0 spiro atoms. The van der Waals surface area contributed by atoms with Crippen molar-refractivity contribution in [2.45, 2.75) is 32.7 Å². The molecular weight excluding hydrogens is 280 g/mol. The van der Waals surface area contributed by atoms with Crippen molar-refractivity contribution in [3.8, 4) is 0 Å². The molecule has 0 aliphatic carbocycles. The first-order valence-corrected chi connectivity index (χ1v) is 8.00. The van der Waals surface area contributed by atoms with E-state index in [1.165, 1.54) is 22.2 Å². The number of hydrogen-bond acceptors (Lipinski definition) is 2. The first kappa shape index (κ1) is 15.4. The zero-order valence-electron chi connectivity index (χ0n) is 14.0. The first-order valence-electron chi connectivity index (χ1n) is 8.00. The van der Waals surface area contributed by atoms with Gasteiger partial charge in [0.2, 0.25) is 0 Å². The van der Waals surface area contributed by atoms with Gasteiger partial charge in [0.05, 0.1) is 11.1 Å². The van der Waals surface area contributed by atoms with Crippen molar-refractivity contribution in [2.75, 3.05) is 0 Å². The lowest BCUT2D eigenvalue weighted by molar-refractivity contribution is 0.513. The minimum atomic E-state index is 0.0818. The Morgan fingerprint density at radius 3 is 2.39 bits per heavy atom. The number of para-hydroxylation sites is 1. The molecule has 1 aliphatic rings. The minimum Gasteiger partial charge on any atom is -0.283 e. The number of pyridine rings is 1. The van der Waals surface area contributed by atoms with Crippen LogP contribution in [-0.2, 0) is 6.42 Å². The Hall–Kier alpha value is -2.48. The highest BCUT2D eigenvalue weighted by Crippen LogP contribution is 2.26. The van der Waals surface area contributed by atoms with E-state index in [1.54, 1.807) is 0 Å². The van der Waals surface area contributed by atoms with Crippen LogP contribution in [0.4, 0.5) is 0 Å². The molecule has 1 aliphatic heterocycles. The number of rotatable bonds is 0. The van der Waals surface area contributed by atoms with Crippen LogP contribution in [0.15, 0.2) is 71.9 Å². The van der Waals surface area contributed by atoms with Crippen LogP contribution in [0, 0.1) is 0 Å². The Morgan fingerprint density at radius 1 is 0.870 bits per heavy atom. The second-order valence-electron chi connectivity index (χ2n) is 6.54. The molecule has 2 aromatic carbocycles. The molecule has 0 atom stereocenters. The fraction of sp³-hybridized carbons (Fsp3) is 0.238. The lowest BCUT2D eigenvalue weighted by Gasteiger charge is -2.27. The van der Waals surface area contributed by atoms with Crippen LogP contribution in [0.2, 0.25) is 0 Å². The average molecular weight is 302 g/mol. The second kappa shape index (κ2) is 6.33.